The van der Waals surface area contributed by atoms with Crippen LogP contribution in [0, 0.1) is 20.8 Å². The molecular weight excluding hydrogens is 342 g/mol. The van der Waals surface area contributed by atoms with Crippen molar-refractivity contribution in [2.45, 2.75) is 39.0 Å². The maximum absolute atomic E-state index is 12.7. The van der Waals surface area contributed by atoms with Crippen molar-refractivity contribution in [3.63, 3.8) is 0 Å². The number of H-pyrrole nitrogens is 1. The van der Waals surface area contributed by atoms with E-state index in [1.807, 2.05) is 20.8 Å². The molecule has 8 nitrogen and oxygen atoms in total. The number of aryl methyl sites for hydroxylation is 4. The van der Waals surface area contributed by atoms with Crippen molar-refractivity contribution in [2.24, 2.45) is 0 Å². The molecule has 132 valence electrons. The minimum Gasteiger partial charge on any atom is -0.275 e. The number of nitrogens with zero attached hydrogens (tertiary/aromatic N) is 3. The van der Waals surface area contributed by atoms with Crippen molar-refractivity contribution in [2.75, 3.05) is 4.72 Å². The number of aromatic amines is 1. The fraction of sp³-hybridized carbons (Fsp3) is 0.312. The topological polar surface area (TPSA) is 109 Å². The van der Waals surface area contributed by atoms with Crippen LogP contribution in [0.25, 0.3) is 5.78 Å². The number of fused-ring (bicyclic) bond motifs is 1. The van der Waals surface area contributed by atoms with Gasteiger partial charge >= 0.3 is 0 Å². The summed E-state index contributed by atoms with van der Waals surface area (Å²) in [5, 5.41) is 2.82. The monoisotopic (exact) mass is 361 g/mol. The van der Waals surface area contributed by atoms with Crippen molar-refractivity contribution in [1.82, 2.24) is 19.6 Å². The van der Waals surface area contributed by atoms with E-state index in [4.69, 9.17) is 0 Å². The summed E-state index contributed by atoms with van der Waals surface area (Å²) in [5.41, 5.74) is 1.48. The summed E-state index contributed by atoms with van der Waals surface area (Å²) in [5.74, 6) is 0.812. The Morgan fingerprint density at radius 3 is 2.52 bits per heavy atom. The molecule has 0 saturated heterocycles. The molecule has 0 spiro atoms. The first-order valence-corrected chi connectivity index (χ1v) is 9.29. The zero-order valence-corrected chi connectivity index (χ0v) is 15.2. The molecule has 9 heteroatoms. The van der Waals surface area contributed by atoms with Gasteiger partial charge in [-0.15, -0.1) is 0 Å². The first kappa shape index (κ1) is 17.2. The summed E-state index contributed by atoms with van der Waals surface area (Å²) in [7, 11) is -3.90. The van der Waals surface area contributed by atoms with Gasteiger partial charge in [0.1, 0.15) is 11.5 Å². The van der Waals surface area contributed by atoms with Crippen LogP contribution in [-0.4, -0.2) is 28.0 Å². The Hall–Kier alpha value is -2.68. The average Bonchev–Trinajstić information content (AvgIpc) is 2.97. The fourth-order valence-corrected chi connectivity index (χ4v) is 3.61. The van der Waals surface area contributed by atoms with E-state index in [9.17, 15) is 13.2 Å². The molecule has 0 fully saturated rings. The minimum atomic E-state index is -3.90. The average molecular weight is 361 g/mol. The van der Waals surface area contributed by atoms with E-state index in [0.29, 0.717) is 12.2 Å². The first-order chi connectivity index (χ1) is 11.7. The number of benzene rings is 1. The summed E-state index contributed by atoms with van der Waals surface area (Å²) in [6.07, 6.45) is 0.603. The molecule has 25 heavy (non-hydrogen) atoms. The van der Waals surface area contributed by atoms with Crippen molar-refractivity contribution >= 4 is 21.5 Å². The van der Waals surface area contributed by atoms with Gasteiger partial charge in [-0.1, -0.05) is 13.0 Å². The highest BCUT2D eigenvalue weighted by Gasteiger charge is 2.20. The lowest BCUT2D eigenvalue weighted by molar-refractivity contribution is 0.601. The molecule has 2 heterocycles. The van der Waals surface area contributed by atoms with Gasteiger partial charge < -0.3 is 0 Å². The largest absolute Gasteiger partial charge is 0.298 e. The third kappa shape index (κ3) is 3.02. The molecule has 0 aliphatic carbocycles. The minimum absolute atomic E-state index is 0.0953. The highest BCUT2D eigenvalue weighted by Crippen LogP contribution is 2.18. The quantitative estimate of drug-likeness (QED) is 0.735. The van der Waals surface area contributed by atoms with Gasteiger partial charge in [-0.05, 0) is 44.0 Å². The Bertz CT molecular complexity index is 1130. The molecule has 0 amide bonds. The fourth-order valence-electron chi connectivity index (χ4n) is 2.41. The van der Waals surface area contributed by atoms with E-state index in [0.717, 1.165) is 15.6 Å². The van der Waals surface area contributed by atoms with E-state index in [-0.39, 0.29) is 22.1 Å². The maximum atomic E-state index is 12.7. The number of rotatable bonds is 4. The van der Waals surface area contributed by atoms with Crippen molar-refractivity contribution in [1.29, 1.82) is 0 Å². The number of hydrogen-bond donors (Lipinski definition) is 2. The normalized spacial score (nSPS) is 11.8. The van der Waals surface area contributed by atoms with Crippen LogP contribution in [0.3, 0.4) is 0 Å². The Kier molecular flexibility index (Phi) is 4.11. The molecule has 0 unspecified atom stereocenters. The van der Waals surface area contributed by atoms with Gasteiger partial charge in [0.15, 0.2) is 0 Å². The molecule has 1 aromatic carbocycles. The van der Waals surface area contributed by atoms with Crippen molar-refractivity contribution < 1.29 is 8.42 Å². The number of aromatic nitrogens is 4. The van der Waals surface area contributed by atoms with Gasteiger partial charge in [-0.3, -0.25) is 14.6 Å². The molecule has 0 saturated carbocycles. The molecule has 0 bridgehead atoms. The van der Waals surface area contributed by atoms with Crippen LogP contribution in [0.1, 0.15) is 29.6 Å². The Morgan fingerprint density at radius 2 is 1.88 bits per heavy atom. The summed E-state index contributed by atoms with van der Waals surface area (Å²) in [4.78, 5) is 21.1. The molecule has 0 atom stereocenters. The van der Waals surface area contributed by atoms with Crippen molar-refractivity contribution in [3.05, 3.63) is 51.2 Å². The van der Waals surface area contributed by atoms with E-state index < -0.39 is 15.6 Å². The summed E-state index contributed by atoms with van der Waals surface area (Å²) < 4.78 is 28.8. The summed E-state index contributed by atoms with van der Waals surface area (Å²) in [6, 6.07) is 4.81. The maximum Gasteiger partial charge on any atom is 0.298 e. The lowest BCUT2D eigenvalue weighted by Crippen LogP contribution is -2.25. The number of hydrogen-bond acceptors (Lipinski definition) is 5. The van der Waals surface area contributed by atoms with Gasteiger partial charge in [0.2, 0.25) is 0 Å². The molecule has 0 aliphatic heterocycles. The van der Waals surface area contributed by atoms with Gasteiger partial charge in [0.25, 0.3) is 21.4 Å². The predicted octanol–water partition coefficient (Wildman–Crippen LogP) is 1.71. The molecule has 3 aromatic rings. The Balaban J connectivity index is 2.10. The van der Waals surface area contributed by atoms with Crippen LogP contribution in [0.15, 0.2) is 27.9 Å². The van der Waals surface area contributed by atoms with Crippen molar-refractivity contribution in [3.8, 4) is 0 Å². The zero-order valence-electron chi connectivity index (χ0n) is 14.4. The van der Waals surface area contributed by atoms with Crippen LogP contribution in [0.4, 0.5) is 5.69 Å². The van der Waals surface area contributed by atoms with Crippen LogP contribution in [0.5, 0.6) is 0 Å². The third-order valence-corrected chi connectivity index (χ3v) is 5.43. The van der Waals surface area contributed by atoms with E-state index in [1.54, 1.807) is 19.1 Å². The highest BCUT2D eigenvalue weighted by atomic mass is 32.2. The first-order valence-electron chi connectivity index (χ1n) is 7.81. The second kappa shape index (κ2) is 5.99. The van der Waals surface area contributed by atoms with Crippen LogP contribution in [-0.2, 0) is 16.4 Å². The summed E-state index contributed by atoms with van der Waals surface area (Å²) >= 11 is 0. The predicted molar refractivity (Wildman–Crippen MR) is 94.4 cm³/mol. The smallest absolute Gasteiger partial charge is 0.275 e. The van der Waals surface area contributed by atoms with Crippen LogP contribution >= 0.6 is 0 Å². The second-order valence-corrected chi connectivity index (χ2v) is 7.57. The van der Waals surface area contributed by atoms with Gasteiger partial charge in [0, 0.05) is 6.42 Å². The van der Waals surface area contributed by atoms with Crippen LogP contribution < -0.4 is 10.3 Å². The van der Waals surface area contributed by atoms with E-state index in [1.165, 1.54) is 6.07 Å². The highest BCUT2D eigenvalue weighted by molar-refractivity contribution is 7.92. The van der Waals surface area contributed by atoms with Gasteiger partial charge in [-0.25, -0.2) is 13.4 Å². The molecule has 2 aromatic heterocycles. The Morgan fingerprint density at radius 1 is 1.16 bits per heavy atom. The number of nitrogens with one attached hydrogen (secondary N) is 2. The standard InChI is InChI=1S/C16H19N5O3S/c1-5-13-18-16-17-11(4)14(15(22)21(16)19-13)20-25(23,24)12-7-6-9(2)10(3)8-12/h6-8,20H,5H2,1-4H3,(H,17,18,19). The molecular formula is C16H19N5O3S. The van der Waals surface area contributed by atoms with E-state index in [2.05, 4.69) is 19.8 Å². The zero-order chi connectivity index (χ0) is 18.4. The lowest BCUT2D eigenvalue weighted by Gasteiger charge is -2.10. The van der Waals surface area contributed by atoms with Crippen LogP contribution in [0.2, 0.25) is 0 Å². The van der Waals surface area contributed by atoms with E-state index >= 15 is 0 Å². The summed E-state index contributed by atoms with van der Waals surface area (Å²) in [6.45, 7) is 7.19. The second-order valence-electron chi connectivity index (χ2n) is 5.89. The number of anilines is 1. The molecule has 0 radical (unpaired) electrons. The SMILES string of the molecule is CCc1nc2nc(C)c(NS(=O)(=O)c3ccc(C)c(C)c3)c(=O)n2[nH]1. The van der Waals surface area contributed by atoms with Gasteiger partial charge in [0.05, 0.1) is 10.6 Å². The number of sulfonamides is 1. The Labute approximate surface area is 145 Å². The lowest BCUT2D eigenvalue weighted by atomic mass is 10.1. The molecule has 2 N–H and O–H groups in total. The van der Waals surface area contributed by atoms with Gasteiger partial charge in [-0.2, -0.15) is 9.50 Å². The molecule has 0 aliphatic rings. The third-order valence-electron chi connectivity index (χ3n) is 4.08. The molecule has 3 rings (SSSR count).